The van der Waals surface area contributed by atoms with Crippen molar-refractivity contribution in [3.8, 4) is 0 Å². The fourth-order valence-corrected chi connectivity index (χ4v) is 2.16. The minimum absolute atomic E-state index is 0.649. The lowest BCUT2D eigenvalue weighted by molar-refractivity contribution is 0.906. The number of hydrogen-bond donors (Lipinski definition) is 1. The second-order valence-electron chi connectivity index (χ2n) is 3.42. The summed E-state index contributed by atoms with van der Waals surface area (Å²) in [7, 11) is 3.85. The van der Waals surface area contributed by atoms with Crippen LogP contribution in [0.5, 0.6) is 0 Å². The van der Waals surface area contributed by atoms with E-state index < -0.39 is 0 Å². The van der Waals surface area contributed by atoms with Gasteiger partial charge in [0.25, 0.3) is 0 Å². The minimum Gasteiger partial charge on any atom is -0.357 e. The van der Waals surface area contributed by atoms with Crippen molar-refractivity contribution in [1.82, 2.24) is 9.97 Å². The van der Waals surface area contributed by atoms with Gasteiger partial charge < -0.3 is 10.2 Å². The molecule has 0 aromatic carbocycles. The molecule has 0 aliphatic heterocycles. The Morgan fingerprint density at radius 1 is 1.44 bits per heavy atom. The van der Waals surface area contributed by atoms with E-state index in [-0.39, 0.29) is 0 Å². The lowest BCUT2D eigenvalue weighted by atomic mass is 10.4. The second-order valence-corrected chi connectivity index (χ2v) is 4.46. The summed E-state index contributed by atoms with van der Waals surface area (Å²) in [5, 5.41) is 5.02. The van der Waals surface area contributed by atoms with Crippen molar-refractivity contribution in [2.45, 2.75) is 6.54 Å². The van der Waals surface area contributed by atoms with E-state index in [1.807, 2.05) is 20.2 Å². The van der Waals surface area contributed by atoms with E-state index in [4.69, 9.17) is 0 Å². The summed E-state index contributed by atoms with van der Waals surface area (Å²) in [5.74, 6) is 1.57. The highest BCUT2D eigenvalue weighted by Gasteiger charge is 2.05. The van der Waals surface area contributed by atoms with E-state index in [1.165, 1.54) is 4.88 Å². The van der Waals surface area contributed by atoms with Crippen LogP contribution in [0.15, 0.2) is 29.8 Å². The standard InChI is InChI=1S/C11H14N4S/c1-12-11-13-6-5-10(14-11)15(2)8-9-4-3-7-16-9/h3-7H,8H2,1-2H3,(H,12,13,14). The zero-order valence-electron chi connectivity index (χ0n) is 9.34. The Bertz CT molecular complexity index is 441. The lowest BCUT2D eigenvalue weighted by Crippen LogP contribution is -2.17. The first kappa shape index (κ1) is 10.9. The molecule has 0 aliphatic rings. The fraction of sp³-hybridized carbons (Fsp3) is 0.273. The highest BCUT2D eigenvalue weighted by Crippen LogP contribution is 2.16. The molecule has 0 fully saturated rings. The molecule has 16 heavy (non-hydrogen) atoms. The molecule has 0 bridgehead atoms. The first-order valence-corrected chi connectivity index (χ1v) is 5.92. The van der Waals surface area contributed by atoms with Crippen molar-refractivity contribution in [2.75, 3.05) is 24.3 Å². The van der Waals surface area contributed by atoms with E-state index in [1.54, 1.807) is 17.5 Å². The summed E-state index contributed by atoms with van der Waals surface area (Å²) in [5.41, 5.74) is 0. The van der Waals surface area contributed by atoms with Crippen LogP contribution in [-0.2, 0) is 6.54 Å². The molecular formula is C11H14N4S. The molecule has 4 nitrogen and oxygen atoms in total. The average molecular weight is 234 g/mol. The maximum Gasteiger partial charge on any atom is 0.224 e. The van der Waals surface area contributed by atoms with Gasteiger partial charge in [-0.05, 0) is 17.5 Å². The third-order valence-electron chi connectivity index (χ3n) is 2.23. The van der Waals surface area contributed by atoms with Gasteiger partial charge in [0.2, 0.25) is 5.95 Å². The van der Waals surface area contributed by atoms with E-state index in [0.29, 0.717) is 5.95 Å². The van der Waals surface area contributed by atoms with Crippen LogP contribution in [0.1, 0.15) is 4.88 Å². The van der Waals surface area contributed by atoms with Gasteiger partial charge in [-0.2, -0.15) is 4.98 Å². The van der Waals surface area contributed by atoms with Gasteiger partial charge in [-0.25, -0.2) is 4.98 Å². The molecular weight excluding hydrogens is 220 g/mol. The summed E-state index contributed by atoms with van der Waals surface area (Å²) >= 11 is 1.76. The number of aromatic nitrogens is 2. The molecule has 2 aromatic rings. The summed E-state index contributed by atoms with van der Waals surface area (Å²) in [6.07, 6.45) is 1.76. The molecule has 0 spiro atoms. The number of anilines is 2. The monoisotopic (exact) mass is 234 g/mol. The number of hydrogen-bond acceptors (Lipinski definition) is 5. The summed E-state index contributed by atoms with van der Waals surface area (Å²) < 4.78 is 0. The van der Waals surface area contributed by atoms with Crippen LogP contribution in [0, 0.1) is 0 Å². The van der Waals surface area contributed by atoms with Gasteiger partial charge in [0.15, 0.2) is 0 Å². The summed E-state index contributed by atoms with van der Waals surface area (Å²) in [6.45, 7) is 0.873. The minimum atomic E-state index is 0.649. The van der Waals surface area contributed by atoms with E-state index in [0.717, 1.165) is 12.4 Å². The maximum atomic E-state index is 4.38. The van der Waals surface area contributed by atoms with Crippen LogP contribution < -0.4 is 10.2 Å². The number of rotatable bonds is 4. The normalized spacial score (nSPS) is 10.1. The number of thiophene rings is 1. The Balaban J connectivity index is 2.11. The van der Waals surface area contributed by atoms with Crippen LogP contribution in [0.3, 0.4) is 0 Å². The van der Waals surface area contributed by atoms with Crippen molar-refractivity contribution >= 4 is 23.1 Å². The quantitative estimate of drug-likeness (QED) is 0.880. The first-order chi connectivity index (χ1) is 7.79. The molecule has 0 amide bonds. The molecule has 2 rings (SSSR count). The number of nitrogens with one attached hydrogen (secondary N) is 1. The summed E-state index contributed by atoms with van der Waals surface area (Å²) in [4.78, 5) is 11.9. The fourth-order valence-electron chi connectivity index (χ4n) is 1.40. The molecule has 0 radical (unpaired) electrons. The zero-order valence-corrected chi connectivity index (χ0v) is 10.2. The highest BCUT2D eigenvalue weighted by atomic mass is 32.1. The third kappa shape index (κ3) is 2.49. The molecule has 1 N–H and O–H groups in total. The van der Waals surface area contributed by atoms with E-state index in [2.05, 4.69) is 37.7 Å². The summed E-state index contributed by atoms with van der Waals surface area (Å²) in [6, 6.07) is 6.10. The predicted molar refractivity (Wildman–Crippen MR) is 68.0 cm³/mol. The van der Waals surface area contributed by atoms with E-state index >= 15 is 0 Å². The third-order valence-corrected chi connectivity index (χ3v) is 3.09. The van der Waals surface area contributed by atoms with Crippen molar-refractivity contribution in [3.63, 3.8) is 0 Å². The molecule has 0 unspecified atom stereocenters. The molecule has 2 heterocycles. The molecule has 0 saturated heterocycles. The number of nitrogens with zero attached hydrogens (tertiary/aromatic N) is 3. The van der Waals surface area contributed by atoms with Crippen molar-refractivity contribution in [1.29, 1.82) is 0 Å². The van der Waals surface area contributed by atoms with Crippen LogP contribution in [0.4, 0.5) is 11.8 Å². The van der Waals surface area contributed by atoms with Crippen LogP contribution in [0.2, 0.25) is 0 Å². The Hall–Kier alpha value is -1.62. The van der Waals surface area contributed by atoms with Gasteiger partial charge in [0.1, 0.15) is 5.82 Å². The van der Waals surface area contributed by atoms with Crippen molar-refractivity contribution in [3.05, 3.63) is 34.7 Å². The van der Waals surface area contributed by atoms with Crippen molar-refractivity contribution in [2.24, 2.45) is 0 Å². The average Bonchev–Trinajstić information content (AvgIpc) is 2.82. The zero-order chi connectivity index (χ0) is 11.4. The molecule has 2 aromatic heterocycles. The van der Waals surface area contributed by atoms with Crippen LogP contribution in [-0.4, -0.2) is 24.1 Å². The first-order valence-electron chi connectivity index (χ1n) is 5.04. The molecule has 5 heteroatoms. The molecule has 84 valence electrons. The Morgan fingerprint density at radius 3 is 3.00 bits per heavy atom. The van der Waals surface area contributed by atoms with Gasteiger partial charge in [0.05, 0.1) is 6.54 Å². The smallest absolute Gasteiger partial charge is 0.224 e. The second kappa shape index (κ2) is 4.94. The maximum absolute atomic E-state index is 4.38. The van der Waals surface area contributed by atoms with Gasteiger partial charge in [-0.3, -0.25) is 0 Å². The van der Waals surface area contributed by atoms with Crippen LogP contribution >= 0.6 is 11.3 Å². The molecule has 0 aliphatic carbocycles. The Kier molecular flexibility index (Phi) is 3.36. The highest BCUT2D eigenvalue weighted by molar-refractivity contribution is 7.09. The predicted octanol–water partition coefficient (Wildman–Crippen LogP) is 2.22. The molecule has 0 atom stereocenters. The van der Waals surface area contributed by atoms with Gasteiger partial charge >= 0.3 is 0 Å². The van der Waals surface area contributed by atoms with Gasteiger partial charge in [-0.1, -0.05) is 6.07 Å². The van der Waals surface area contributed by atoms with Gasteiger partial charge in [0, 0.05) is 25.2 Å². The topological polar surface area (TPSA) is 41.1 Å². The van der Waals surface area contributed by atoms with Crippen LogP contribution in [0.25, 0.3) is 0 Å². The van der Waals surface area contributed by atoms with Crippen molar-refractivity contribution < 1.29 is 0 Å². The Labute approximate surface area is 99.0 Å². The molecule has 0 saturated carbocycles. The Morgan fingerprint density at radius 2 is 2.31 bits per heavy atom. The van der Waals surface area contributed by atoms with Gasteiger partial charge in [-0.15, -0.1) is 11.3 Å². The lowest BCUT2D eigenvalue weighted by Gasteiger charge is -2.17. The largest absolute Gasteiger partial charge is 0.357 e. The SMILES string of the molecule is CNc1nccc(N(C)Cc2cccs2)n1. The van der Waals surface area contributed by atoms with E-state index in [9.17, 15) is 0 Å².